The molecule has 0 fully saturated rings. The first-order valence-corrected chi connectivity index (χ1v) is 6.91. The fourth-order valence-electron chi connectivity index (χ4n) is 2.29. The van der Waals surface area contributed by atoms with Crippen molar-refractivity contribution in [1.29, 1.82) is 0 Å². The number of hydrogen-bond donors (Lipinski definition) is 1. The molecular formula is C16H17N3O2. The smallest absolute Gasteiger partial charge is 0.250 e. The standard InChI is InChI=1S/C16H17N3O2/c1-19-9-8-17-15(19)6-7-18-16(20)13-10-12-4-2-3-5-14(12)21-11-13/h2-5,8-10H,6-7,11H2,1H3,(H,18,20). The minimum Gasteiger partial charge on any atom is -0.488 e. The monoisotopic (exact) mass is 283 g/mol. The molecule has 0 aliphatic carbocycles. The number of aryl methyl sites for hydroxylation is 1. The van der Waals surface area contributed by atoms with Crippen molar-refractivity contribution in [3.8, 4) is 5.75 Å². The summed E-state index contributed by atoms with van der Waals surface area (Å²) in [6.45, 7) is 0.869. The number of aromatic nitrogens is 2. The van der Waals surface area contributed by atoms with Crippen LogP contribution in [0.5, 0.6) is 5.75 Å². The highest BCUT2D eigenvalue weighted by molar-refractivity contribution is 5.99. The Morgan fingerprint density at radius 2 is 2.29 bits per heavy atom. The second-order valence-electron chi connectivity index (χ2n) is 4.96. The first-order valence-electron chi connectivity index (χ1n) is 6.91. The molecule has 1 amide bonds. The summed E-state index contributed by atoms with van der Waals surface area (Å²) < 4.78 is 7.53. The molecule has 1 N–H and O–H groups in total. The molecule has 0 atom stereocenters. The number of amides is 1. The normalized spacial score (nSPS) is 13.1. The Balaban J connectivity index is 1.59. The van der Waals surface area contributed by atoms with Gasteiger partial charge in [0.25, 0.3) is 5.91 Å². The number of hydrogen-bond acceptors (Lipinski definition) is 3. The Bertz CT molecular complexity index is 688. The average molecular weight is 283 g/mol. The van der Waals surface area contributed by atoms with Gasteiger partial charge in [-0.15, -0.1) is 0 Å². The van der Waals surface area contributed by atoms with Crippen molar-refractivity contribution in [2.75, 3.05) is 13.2 Å². The lowest BCUT2D eigenvalue weighted by Gasteiger charge is -2.17. The van der Waals surface area contributed by atoms with E-state index in [0.29, 0.717) is 25.1 Å². The Labute approximate surface area is 123 Å². The largest absolute Gasteiger partial charge is 0.488 e. The van der Waals surface area contributed by atoms with Crippen molar-refractivity contribution in [3.05, 3.63) is 53.6 Å². The molecule has 21 heavy (non-hydrogen) atoms. The van der Waals surface area contributed by atoms with Crippen LogP contribution < -0.4 is 10.1 Å². The lowest BCUT2D eigenvalue weighted by atomic mass is 10.1. The number of carbonyl (C=O) groups excluding carboxylic acids is 1. The second kappa shape index (κ2) is 5.83. The van der Waals surface area contributed by atoms with Crippen molar-refractivity contribution < 1.29 is 9.53 Å². The predicted octanol–water partition coefficient (Wildman–Crippen LogP) is 1.55. The number of carbonyl (C=O) groups is 1. The fourth-order valence-corrected chi connectivity index (χ4v) is 2.29. The van der Waals surface area contributed by atoms with E-state index in [0.717, 1.165) is 17.1 Å². The van der Waals surface area contributed by atoms with Gasteiger partial charge in [-0.05, 0) is 12.1 Å². The van der Waals surface area contributed by atoms with E-state index in [1.165, 1.54) is 0 Å². The van der Waals surface area contributed by atoms with Crippen molar-refractivity contribution >= 4 is 12.0 Å². The van der Waals surface area contributed by atoms with Crippen LogP contribution in [-0.4, -0.2) is 28.6 Å². The predicted molar refractivity (Wildman–Crippen MR) is 79.8 cm³/mol. The van der Waals surface area contributed by atoms with Gasteiger partial charge >= 0.3 is 0 Å². The number of fused-ring (bicyclic) bond motifs is 1. The fraction of sp³-hybridized carbons (Fsp3) is 0.250. The highest BCUT2D eigenvalue weighted by Crippen LogP contribution is 2.25. The van der Waals surface area contributed by atoms with Crippen molar-refractivity contribution in [2.24, 2.45) is 7.05 Å². The topological polar surface area (TPSA) is 56.2 Å². The summed E-state index contributed by atoms with van der Waals surface area (Å²) in [6, 6.07) is 7.70. The number of nitrogens with zero attached hydrogens (tertiary/aromatic N) is 2. The molecule has 2 aromatic rings. The van der Waals surface area contributed by atoms with Crippen LogP contribution in [0.25, 0.3) is 6.08 Å². The summed E-state index contributed by atoms with van der Waals surface area (Å²) in [7, 11) is 1.94. The number of imidazole rings is 1. The van der Waals surface area contributed by atoms with E-state index in [1.807, 2.05) is 48.2 Å². The Kier molecular flexibility index (Phi) is 3.73. The van der Waals surface area contributed by atoms with Gasteiger partial charge in [-0.2, -0.15) is 0 Å². The van der Waals surface area contributed by atoms with Gasteiger partial charge in [0.15, 0.2) is 0 Å². The van der Waals surface area contributed by atoms with Crippen LogP contribution in [0.2, 0.25) is 0 Å². The van der Waals surface area contributed by atoms with Crippen LogP contribution in [0.15, 0.2) is 42.2 Å². The summed E-state index contributed by atoms with van der Waals surface area (Å²) >= 11 is 0. The maximum Gasteiger partial charge on any atom is 0.250 e. The minimum absolute atomic E-state index is 0.0845. The Hall–Kier alpha value is -2.56. The van der Waals surface area contributed by atoms with Crippen LogP contribution in [0.4, 0.5) is 0 Å². The minimum atomic E-state index is -0.0845. The van der Waals surface area contributed by atoms with E-state index in [4.69, 9.17) is 4.74 Å². The molecule has 1 aliphatic rings. The number of rotatable bonds is 4. The first kappa shape index (κ1) is 13.4. The van der Waals surface area contributed by atoms with E-state index in [9.17, 15) is 4.79 Å². The first-order chi connectivity index (χ1) is 10.2. The molecule has 2 heterocycles. The zero-order valence-corrected chi connectivity index (χ0v) is 11.9. The number of nitrogens with one attached hydrogen (secondary N) is 1. The van der Waals surface area contributed by atoms with Gasteiger partial charge in [0.2, 0.25) is 0 Å². The highest BCUT2D eigenvalue weighted by Gasteiger charge is 2.16. The summed E-state index contributed by atoms with van der Waals surface area (Å²) in [6.07, 6.45) is 6.24. The SMILES string of the molecule is Cn1ccnc1CCNC(=O)C1=Cc2ccccc2OC1. The third kappa shape index (κ3) is 2.97. The van der Waals surface area contributed by atoms with Crippen LogP contribution in [0.3, 0.4) is 0 Å². The van der Waals surface area contributed by atoms with Crippen LogP contribution in [0.1, 0.15) is 11.4 Å². The van der Waals surface area contributed by atoms with Crippen LogP contribution >= 0.6 is 0 Å². The molecule has 1 aromatic carbocycles. The third-order valence-corrected chi connectivity index (χ3v) is 3.48. The quantitative estimate of drug-likeness (QED) is 0.926. The second-order valence-corrected chi connectivity index (χ2v) is 4.96. The molecular weight excluding hydrogens is 266 g/mol. The third-order valence-electron chi connectivity index (χ3n) is 3.48. The van der Waals surface area contributed by atoms with Crippen molar-refractivity contribution in [3.63, 3.8) is 0 Å². The molecule has 0 unspecified atom stereocenters. The molecule has 0 saturated carbocycles. The molecule has 108 valence electrons. The molecule has 1 aliphatic heterocycles. The summed E-state index contributed by atoms with van der Waals surface area (Å²) in [4.78, 5) is 16.4. The number of benzene rings is 1. The van der Waals surface area contributed by atoms with E-state index in [-0.39, 0.29) is 5.91 Å². The summed E-state index contributed by atoms with van der Waals surface area (Å²) in [5.74, 6) is 1.69. The molecule has 1 aromatic heterocycles. The van der Waals surface area contributed by atoms with E-state index >= 15 is 0 Å². The maximum atomic E-state index is 12.1. The van der Waals surface area contributed by atoms with Crippen LogP contribution in [0, 0.1) is 0 Å². The van der Waals surface area contributed by atoms with Gasteiger partial charge in [-0.3, -0.25) is 4.79 Å². The summed E-state index contributed by atoms with van der Waals surface area (Å²) in [5, 5.41) is 2.91. The molecule has 3 rings (SSSR count). The molecule has 0 saturated heterocycles. The van der Waals surface area contributed by atoms with Gasteiger partial charge in [0, 0.05) is 38.0 Å². The van der Waals surface area contributed by atoms with Crippen molar-refractivity contribution in [2.45, 2.75) is 6.42 Å². The van der Waals surface area contributed by atoms with Gasteiger partial charge in [-0.1, -0.05) is 18.2 Å². The van der Waals surface area contributed by atoms with Gasteiger partial charge in [0.05, 0.1) is 5.57 Å². The number of para-hydroxylation sites is 1. The van der Waals surface area contributed by atoms with Gasteiger partial charge in [0.1, 0.15) is 18.2 Å². The molecule has 5 heteroatoms. The lowest BCUT2D eigenvalue weighted by molar-refractivity contribution is -0.117. The lowest BCUT2D eigenvalue weighted by Crippen LogP contribution is -2.30. The molecule has 0 bridgehead atoms. The van der Waals surface area contributed by atoms with E-state index < -0.39 is 0 Å². The number of ether oxygens (including phenoxy) is 1. The Morgan fingerprint density at radius 1 is 1.43 bits per heavy atom. The Morgan fingerprint density at radius 3 is 3.10 bits per heavy atom. The maximum absolute atomic E-state index is 12.1. The molecule has 5 nitrogen and oxygen atoms in total. The van der Waals surface area contributed by atoms with E-state index in [2.05, 4.69) is 10.3 Å². The molecule has 0 spiro atoms. The highest BCUT2D eigenvalue weighted by atomic mass is 16.5. The van der Waals surface area contributed by atoms with E-state index in [1.54, 1.807) is 6.20 Å². The average Bonchev–Trinajstić information content (AvgIpc) is 2.92. The van der Waals surface area contributed by atoms with Gasteiger partial charge in [-0.25, -0.2) is 4.98 Å². The van der Waals surface area contributed by atoms with Gasteiger partial charge < -0.3 is 14.6 Å². The van der Waals surface area contributed by atoms with Crippen LogP contribution in [-0.2, 0) is 18.3 Å². The zero-order chi connectivity index (χ0) is 14.7. The summed E-state index contributed by atoms with van der Waals surface area (Å²) in [5.41, 5.74) is 1.59. The molecule has 0 radical (unpaired) electrons. The zero-order valence-electron chi connectivity index (χ0n) is 11.9. The van der Waals surface area contributed by atoms with Crippen molar-refractivity contribution in [1.82, 2.24) is 14.9 Å².